The fourth-order valence-corrected chi connectivity index (χ4v) is 6.50. The van der Waals surface area contributed by atoms with Crippen molar-refractivity contribution in [1.29, 1.82) is 0 Å². The Labute approximate surface area is 276 Å². The molecule has 248 valence electrons. The molecule has 0 bridgehead atoms. The van der Waals surface area contributed by atoms with Crippen molar-refractivity contribution < 1.29 is 31.9 Å². The molecule has 9 nitrogen and oxygen atoms in total. The number of carbonyl (C=O) groups is 2. The summed E-state index contributed by atoms with van der Waals surface area (Å²) in [4.78, 5) is 29.5. The van der Waals surface area contributed by atoms with Gasteiger partial charge in [-0.05, 0) is 56.7 Å². The van der Waals surface area contributed by atoms with E-state index in [1.807, 2.05) is 37.3 Å². The summed E-state index contributed by atoms with van der Waals surface area (Å²) in [5, 5.41) is 2.88. The van der Waals surface area contributed by atoms with Gasteiger partial charge < -0.3 is 19.7 Å². The van der Waals surface area contributed by atoms with Crippen LogP contribution in [0.5, 0.6) is 11.5 Å². The number of hydrogen-bond donors (Lipinski definition) is 1. The summed E-state index contributed by atoms with van der Waals surface area (Å²) in [5.74, 6) is -1.10. The van der Waals surface area contributed by atoms with Gasteiger partial charge in [0, 0.05) is 30.6 Å². The highest BCUT2D eigenvalue weighted by Gasteiger charge is 2.35. The Balaban J connectivity index is 1.85. The largest absolute Gasteiger partial charge is 0.493 e. The lowest BCUT2D eigenvalue weighted by molar-refractivity contribution is -0.140. The highest BCUT2D eigenvalue weighted by molar-refractivity contribution is 7.92. The quantitative estimate of drug-likeness (QED) is 0.191. The molecule has 0 saturated carbocycles. The molecule has 1 atom stereocenters. The van der Waals surface area contributed by atoms with Crippen LogP contribution in [0.2, 0.25) is 0 Å². The average Bonchev–Trinajstić information content (AvgIpc) is 3.05. The number of sulfonamides is 1. The van der Waals surface area contributed by atoms with E-state index in [-0.39, 0.29) is 40.9 Å². The number of nitrogens with zero attached hydrogens (tertiary/aromatic N) is 2. The maximum absolute atomic E-state index is 15.1. The first-order chi connectivity index (χ1) is 22.4. The van der Waals surface area contributed by atoms with Crippen LogP contribution in [-0.2, 0) is 32.6 Å². The van der Waals surface area contributed by atoms with Gasteiger partial charge >= 0.3 is 0 Å². The molecular weight excluding hydrogens is 621 g/mol. The molecule has 0 spiro atoms. The second-order valence-corrected chi connectivity index (χ2v) is 13.2. The predicted molar refractivity (Wildman–Crippen MR) is 179 cm³/mol. The zero-order chi connectivity index (χ0) is 34.1. The summed E-state index contributed by atoms with van der Waals surface area (Å²) in [7, 11) is -1.46. The minimum absolute atomic E-state index is 0.0373. The van der Waals surface area contributed by atoms with Gasteiger partial charge in [0.2, 0.25) is 11.8 Å². The zero-order valence-electron chi connectivity index (χ0n) is 27.1. The molecule has 47 heavy (non-hydrogen) atoms. The predicted octanol–water partition coefficient (Wildman–Crippen LogP) is 5.51. The third kappa shape index (κ3) is 8.68. The van der Waals surface area contributed by atoms with E-state index < -0.39 is 40.2 Å². The van der Waals surface area contributed by atoms with Gasteiger partial charge in [0.15, 0.2) is 11.5 Å². The number of amides is 2. The molecule has 0 heterocycles. The highest BCUT2D eigenvalue weighted by Crippen LogP contribution is 2.34. The molecule has 0 aliphatic carbocycles. The van der Waals surface area contributed by atoms with Gasteiger partial charge in [-0.25, -0.2) is 12.8 Å². The zero-order valence-corrected chi connectivity index (χ0v) is 28.0. The van der Waals surface area contributed by atoms with Gasteiger partial charge in [-0.1, -0.05) is 66.2 Å². The van der Waals surface area contributed by atoms with Crippen LogP contribution in [0.25, 0.3) is 0 Å². The third-order valence-electron chi connectivity index (χ3n) is 7.54. The molecule has 0 aromatic heterocycles. The molecule has 0 aliphatic rings. The molecule has 4 rings (SSSR count). The van der Waals surface area contributed by atoms with Crippen LogP contribution in [0.15, 0.2) is 102 Å². The number of hydrogen-bond acceptors (Lipinski definition) is 6. The number of aryl methyl sites for hydroxylation is 1. The van der Waals surface area contributed by atoms with E-state index in [4.69, 9.17) is 9.47 Å². The van der Waals surface area contributed by atoms with E-state index in [2.05, 4.69) is 5.32 Å². The monoisotopic (exact) mass is 661 g/mol. The number of ether oxygens (including phenoxy) is 2. The Bertz CT molecular complexity index is 1780. The maximum atomic E-state index is 15.1. The van der Waals surface area contributed by atoms with E-state index in [0.717, 1.165) is 15.4 Å². The van der Waals surface area contributed by atoms with E-state index >= 15 is 4.39 Å². The van der Waals surface area contributed by atoms with Crippen molar-refractivity contribution in [3.8, 4) is 11.5 Å². The molecule has 0 unspecified atom stereocenters. The van der Waals surface area contributed by atoms with Crippen LogP contribution in [0.4, 0.5) is 10.1 Å². The van der Waals surface area contributed by atoms with Gasteiger partial charge in [0.1, 0.15) is 18.4 Å². The fourth-order valence-electron chi connectivity index (χ4n) is 5.09. The topological polar surface area (TPSA) is 105 Å². The molecule has 1 N–H and O–H groups in total. The normalized spacial score (nSPS) is 11.9. The Kier molecular flexibility index (Phi) is 11.6. The summed E-state index contributed by atoms with van der Waals surface area (Å²) in [6.45, 7) is 4.46. The molecule has 0 saturated heterocycles. The van der Waals surface area contributed by atoms with E-state index in [1.165, 1.54) is 61.6 Å². The van der Waals surface area contributed by atoms with Crippen LogP contribution in [-0.4, -0.2) is 58.0 Å². The first-order valence-corrected chi connectivity index (χ1v) is 16.6. The number of halogens is 1. The minimum Gasteiger partial charge on any atom is -0.493 e. The Morgan fingerprint density at radius 3 is 2.11 bits per heavy atom. The number of nitrogens with one attached hydrogen (secondary N) is 1. The summed E-state index contributed by atoms with van der Waals surface area (Å²) in [6.07, 6.45) is 0.112. The van der Waals surface area contributed by atoms with Crippen LogP contribution >= 0.6 is 0 Å². The minimum atomic E-state index is -4.33. The smallest absolute Gasteiger partial charge is 0.264 e. The second kappa shape index (κ2) is 15.6. The Hall–Kier alpha value is -4.90. The fraction of sp³-hybridized carbons (Fsp3) is 0.278. The third-order valence-corrected chi connectivity index (χ3v) is 9.33. The van der Waals surface area contributed by atoms with Crippen LogP contribution < -0.4 is 19.1 Å². The molecule has 0 fully saturated rings. The van der Waals surface area contributed by atoms with Gasteiger partial charge in [-0.15, -0.1) is 0 Å². The molecule has 0 aliphatic heterocycles. The van der Waals surface area contributed by atoms with Crippen molar-refractivity contribution in [1.82, 2.24) is 10.2 Å². The van der Waals surface area contributed by atoms with Crippen molar-refractivity contribution in [2.24, 2.45) is 0 Å². The number of rotatable bonds is 14. The van der Waals surface area contributed by atoms with E-state index in [0.29, 0.717) is 5.75 Å². The number of benzene rings is 4. The van der Waals surface area contributed by atoms with E-state index in [9.17, 15) is 18.0 Å². The first kappa shape index (κ1) is 35.0. The molecule has 11 heteroatoms. The van der Waals surface area contributed by atoms with Gasteiger partial charge in [-0.3, -0.25) is 13.9 Å². The van der Waals surface area contributed by atoms with Crippen LogP contribution in [0, 0.1) is 12.7 Å². The first-order valence-electron chi connectivity index (χ1n) is 15.1. The van der Waals surface area contributed by atoms with Crippen molar-refractivity contribution in [2.75, 3.05) is 25.1 Å². The van der Waals surface area contributed by atoms with Gasteiger partial charge in [-0.2, -0.15) is 0 Å². The summed E-state index contributed by atoms with van der Waals surface area (Å²) >= 11 is 0. The van der Waals surface area contributed by atoms with E-state index in [1.54, 1.807) is 38.1 Å². The van der Waals surface area contributed by atoms with Gasteiger partial charge in [0.05, 0.1) is 24.8 Å². The summed E-state index contributed by atoms with van der Waals surface area (Å²) < 4.78 is 55.3. The van der Waals surface area contributed by atoms with Gasteiger partial charge in [0.25, 0.3) is 10.0 Å². The van der Waals surface area contributed by atoms with Crippen molar-refractivity contribution in [3.63, 3.8) is 0 Å². The standard InChI is InChI=1S/C36H40FN3O6S/c1-25(2)38-36(42)32(21-27-11-7-6-8-12-27)39(23-28-13-9-10-14-31(28)37)35(41)24-40(29-17-20-33(45-4)34(22-29)46-5)47(43,44)30-18-15-26(3)16-19-30/h6-20,22,25,32H,21,23-24H2,1-5H3,(H,38,42)/t32-/m0/s1. The van der Waals surface area contributed by atoms with Crippen LogP contribution in [0.3, 0.4) is 0 Å². The number of methoxy groups -OCH3 is 2. The average molecular weight is 662 g/mol. The lowest BCUT2D eigenvalue weighted by atomic mass is 10.0. The molecule has 4 aromatic rings. The Morgan fingerprint density at radius 2 is 1.49 bits per heavy atom. The summed E-state index contributed by atoms with van der Waals surface area (Å²) in [6, 6.07) is 24.6. The molecule has 2 amide bonds. The summed E-state index contributed by atoms with van der Waals surface area (Å²) in [5.41, 5.74) is 1.93. The van der Waals surface area contributed by atoms with Crippen molar-refractivity contribution in [3.05, 3.63) is 120 Å². The van der Waals surface area contributed by atoms with Crippen molar-refractivity contribution in [2.45, 2.75) is 50.7 Å². The Morgan fingerprint density at radius 1 is 0.851 bits per heavy atom. The van der Waals surface area contributed by atoms with Crippen LogP contribution in [0.1, 0.15) is 30.5 Å². The molecule has 4 aromatic carbocycles. The maximum Gasteiger partial charge on any atom is 0.264 e. The van der Waals surface area contributed by atoms with Crippen molar-refractivity contribution >= 4 is 27.5 Å². The lowest BCUT2D eigenvalue weighted by Crippen LogP contribution is -2.54. The SMILES string of the molecule is COc1ccc(N(CC(=O)N(Cc2ccccc2F)[C@@H](Cc2ccccc2)C(=O)NC(C)C)S(=O)(=O)c2ccc(C)cc2)cc1OC. The highest BCUT2D eigenvalue weighted by atomic mass is 32.2. The second-order valence-electron chi connectivity index (χ2n) is 11.3. The number of anilines is 1. The lowest BCUT2D eigenvalue weighted by Gasteiger charge is -2.34. The number of carbonyl (C=O) groups excluding carboxylic acids is 2. The molecule has 0 radical (unpaired) electrons. The molecular formula is C36H40FN3O6S.